The Morgan fingerprint density at radius 2 is 2.07 bits per heavy atom. The van der Waals surface area contributed by atoms with Crippen molar-refractivity contribution in [3.05, 3.63) is 34.9 Å². The highest BCUT2D eigenvalue weighted by Crippen LogP contribution is 2.19. The molecule has 1 rings (SSSR count). The lowest BCUT2D eigenvalue weighted by Crippen LogP contribution is -2.11. The molecular formula is C10H11ClO2S. The summed E-state index contributed by atoms with van der Waals surface area (Å²) in [7, 11) is 0. The minimum atomic E-state index is -0.774. The summed E-state index contributed by atoms with van der Waals surface area (Å²) in [5, 5.41) is 8.99. The molecule has 1 N–H and O–H groups in total. The lowest BCUT2D eigenvalue weighted by Gasteiger charge is -2.05. The summed E-state index contributed by atoms with van der Waals surface area (Å²) >= 11 is 7.12. The zero-order valence-electron chi connectivity index (χ0n) is 7.74. The van der Waals surface area contributed by atoms with Crippen LogP contribution in [0, 0.1) is 0 Å². The quantitative estimate of drug-likeness (QED) is 0.864. The monoisotopic (exact) mass is 230 g/mol. The van der Waals surface area contributed by atoms with Gasteiger partial charge in [0.1, 0.15) is 0 Å². The van der Waals surface area contributed by atoms with Gasteiger partial charge in [-0.2, -0.15) is 0 Å². The SMILES string of the molecule is C[C@@H](SCc1ccc(Cl)cc1)C(=O)O. The van der Waals surface area contributed by atoms with Gasteiger partial charge < -0.3 is 5.11 Å². The van der Waals surface area contributed by atoms with Crippen LogP contribution in [0.3, 0.4) is 0 Å². The molecule has 0 aromatic heterocycles. The van der Waals surface area contributed by atoms with E-state index >= 15 is 0 Å². The zero-order valence-corrected chi connectivity index (χ0v) is 9.31. The van der Waals surface area contributed by atoms with Gasteiger partial charge in [-0.15, -0.1) is 11.8 Å². The molecule has 1 atom stereocenters. The number of carboxylic acids is 1. The molecular weight excluding hydrogens is 220 g/mol. The predicted molar refractivity (Wildman–Crippen MR) is 59.8 cm³/mol. The van der Waals surface area contributed by atoms with E-state index in [1.54, 1.807) is 6.92 Å². The predicted octanol–water partition coefficient (Wildman–Crippen LogP) is 3.05. The normalized spacial score (nSPS) is 12.4. The molecule has 0 fully saturated rings. The molecule has 0 amide bonds. The molecule has 0 bridgehead atoms. The molecule has 4 heteroatoms. The first-order valence-corrected chi connectivity index (χ1v) is 5.61. The number of halogens is 1. The topological polar surface area (TPSA) is 37.3 Å². The van der Waals surface area contributed by atoms with Crippen molar-refractivity contribution in [2.24, 2.45) is 0 Å². The van der Waals surface area contributed by atoms with Gasteiger partial charge in [-0.3, -0.25) is 4.79 Å². The van der Waals surface area contributed by atoms with E-state index in [0.717, 1.165) is 5.56 Å². The number of rotatable bonds is 4. The smallest absolute Gasteiger partial charge is 0.316 e. The summed E-state index contributed by atoms with van der Waals surface area (Å²) in [6, 6.07) is 7.43. The lowest BCUT2D eigenvalue weighted by atomic mass is 10.2. The maximum atomic E-state index is 10.5. The second-order valence-electron chi connectivity index (χ2n) is 2.92. The number of thioether (sulfide) groups is 1. The first kappa shape index (κ1) is 11.4. The van der Waals surface area contributed by atoms with Crippen LogP contribution >= 0.6 is 23.4 Å². The van der Waals surface area contributed by atoms with Gasteiger partial charge in [0.25, 0.3) is 0 Å². The van der Waals surface area contributed by atoms with Crippen LogP contribution in [0.4, 0.5) is 0 Å². The molecule has 0 spiro atoms. The van der Waals surface area contributed by atoms with E-state index in [2.05, 4.69) is 0 Å². The fourth-order valence-corrected chi connectivity index (χ4v) is 1.78. The molecule has 1 aromatic carbocycles. The van der Waals surface area contributed by atoms with Crippen molar-refractivity contribution in [2.45, 2.75) is 17.9 Å². The summed E-state index contributed by atoms with van der Waals surface area (Å²) in [4.78, 5) is 10.5. The van der Waals surface area contributed by atoms with Crippen LogP contribution in [0.25, 0.3) is 0 Å². The van der Waals surface area contributed by atoms with Crippen molar-refractivity contribution in [3.63, 3.8) is 0 Å². The third kappa shape index (κ3) is 3.60. The van der Waals surface area contributed by atoms with E-state index in [1.165, 1.54) is 11.8 Å². The van der Waals surface area contributed by atoms with E-state index in [1.807, 2.05) is 24.3 Å². The average Bonchev–Trinajstić information content (AvgIpc) is 2.16. The molecule has 0 unspecified atom stereocenters. The second-order valence-corrected chi connectivity index (χ2v) is 4.68. The van der Waals surface area contributed by atoms with Gasteiger partial charge in [0.15, 0.2) is 0 Å². The lowest BCUT2D eigenvalue weighted by molar-refractivity contribution is -0.136. The Labute approximate surface area is 92.3 Å². The minimum absolute atomic E-state index is 0.370. The molecule has 1 aromatic rings. The van der Waals surface area contributed by atoms with Gasteiger partial charge in [-0.05, 0) is 24.6 Å². The molecule has 2 nitrogen and oxygen atoms in total. The molecule has 0 saturated carbocycles. The maximum absolute atomic E-state index is 10.5. The van der Waals surface area contributed by atoms with Gasteiger partial charge >= 0.3 is 5.97 Å². The largest absolute Gasteiger partial charge is 0.480 e. The average molecular weight is 231 g/mol. The molecule has 0 radical (unpaired) electrons. The summed E-state index contributed by atoms with van der Waals surface area (Å²) < 4.78 is 0. The Balaban J connectivity index is 2.46. The highest BCUT2D eigenvalue weighted by atomic mass is 35.5. The van der Waals surface area contributed by atoms with Crippen molar-refractivity contribution < 1.29 is 9.90 Å². The van der Waals surface area contributed by atoms with Gasteiger partial charge in [0, 0.05) is 10.8 Å². The fourth-order valence-electron chi connectivity index (χ4n) is 0.873. The molecule has 0 heterocycles. The fraction of sp³-hybridized carbons (Fsp3) is 0.300. The minimum Gasteiger partial charge on any atom is -0.480 e. The van der Waals surface area contributed by atoms with Crippen LogP contribution in [0.2, 0.25) is 5.02 Å². The van der Waals surface area contributed by atoms with E-state index in [-0.39, 0.29) is 5.25 Å². The van der Waals surface area contributed by atoms with Crippen LogP contribution < -0.4 is 0 Å². The Hall–Kier alpha value is -0.670. The highest BCUT2D eigenvalue weighted by Gasteiger charge is 2.10. The summed E-state index contributed by atoms with van der Waals surface area (Å²) in [5.74, 6) is -0.0751. The Morgan fingerprint density at radius 3 is 2.57 bits per heavy atom. The van der Waals surface area contributed by atoms with Crippen LogP contribution in [0.15, 0.2) is 24.3 Å². The van der Waals surface area contributed by atoms with Crippen molar-refractivity contribution in [1.29, 1.82) is 0 Å². The Kier molecular flexibility index (Phi) is 4.29. The van der Waals surface area contributed by atoms with Gasteiger partial charge in [0.2, 0.25) is 0 Å². The van der Waals surface area contributed by atoms with E-state index in [9.17, 15) is 4.79 Å². The van der Waals surface area contributed by atoms with Crippen LogP contribution in [0.5, 0.6) is 0 Å². The molecule has 76 valence electrons. The number of benzene rings is 1. The maximum Gasteiger partial charge on any atom is 0.316 e. The highest BCUT2D eigenvalue weighted by molar-refractivity contribution is 7.99. The molecule has 0 aliphatic heterocycles. The zero-order chi connectivity index (χ0) is 10.6. The summed E-state index contributed by atoms with van der Waals surface area (Å²) in [5.41, 5.74) is 1.09. The van der Waals surface area contributed by atoms with Gasteiger partial charge in [-0.1, -0.05) is 23.7 Å². The number of carboxylic acid groups (broad SMARTS) is 1. The molecule has 0 aliphatic carbocycles. The van der Waals surface area contributed by atoms with Crippen molar-refractivity contribution in [2.75, 3.05) is 0 Å². The van der Waals surface area contributed by atoms with E-state index in [4.69, 9.17) is 16.7 Å². The third-order valence-corrected chi connectivity index (χ3v) is 3.21. The number of hydrogen-bond donors (Lipinski definition) is 1. The first-order valence-electron chi connectivity index (χ1n) is 4.18. The standard InChI is InChI=1S/C10H11ClO2S/c1-7(10(12)13)14-6-8-2-4-9(11)5-3-8/h2-5,7H,6H2,1H3,(H,12,13)/t7-/m1/s1. The van der Waals surface area contributed by atoms with Crippen LogP contribution in [0.1, 0.15) is 12.5 Å². The van der Waals surface area contributed by atoms with Crippen molar-refractivity contribution in [3.8, 4) is 0 Å². The van der Waals surface area contributed by atoms with E-state index in [0.29, 0.717) is 10.8 Å². The third-order valence-electron chi connectivity index (χ3n) is 1.76. The van der Waals surface area contributed by atoms with Gasteiger partial charge in [0.05, 0.1) is 5.25 Å². The number of hydrogen-bond acceptors (Lipinski definition) is 2. The summed E-state index contributed by atoms with van der Waals surface area (Å²) in [6.45, 7) is 1.68. The second kappa shape index (κ2) is 5.27. The number of aliphatic carboxylic acids is 1. The summed E-state index contributed by atoms with van der Waals surface area (Å²) in [6.07, 6.45) is 0. The molecule has 0 aliphatic rings. The van der Waals surface area contributed by atoms with Crippen LogP contribution in [-0.4, -0.2) is 16.3 Å². The Bertz CT molecular complexity index is 310. The number of carbonyl (C=O) groups is 1. The first-order chi connectivity index (χ1) is 6.59. The van der Waals surface area contributed by atoms with Crippen LogP contribution in [-0.2, 0) is 10.5 Å². The van der Waals surface area contributed by atoms with Gasteiger partial charge in [-0.25, -0.2) is 0 Å². The molecule has 0 saturated heterocycles. The Morgan fingerprint density at radius 1 is 1.50 bits per heavy atom. The van der Waals surface area contributed by atoms with Crippen molar-refractivity contribution >= 4 is 29.3 Å². The van der Waals surface area contributed by atoms with Crippen molar-refractivity contribution in [1.82, 2.24) is 0 Å². The van der Waals surface area contributed by atoms with E-state index < -0.39 is 5.97 Å². The molecule has 14 heavy (non-hydrogen) atoms.